The number of nitrogens with zero attached hydrogens (tertiary/aromatic N) is 1. The van der Waals surface area contributed by atoms with Crippen molar-refractivity contribution in [2.75, 3.05) is 45.4 Å². The molecule has 2 heterocycles. The molecule has 0 radical (unpaired) electrons. The second-order valence-electron chi connectivity index (χ2n) is 8.90. The van der Waals surface area contributed by atoms with Crippen LogP contribution in [0.5, 0.6) is 23.0 Å². The van der Waals surface area contributed by atoms with Crippen molar-refractivity contribution in [3.63, 3.8) is 0 Å². The lowest BCUT2D eigenvalue weighted by atomic mass is 9.84. The smallest absolute Gasteiger partial charge is 0.227 e. The lowest BCUT2D eigenvalue weighted by Crippen LogP contribution is -2.40. The number of nitrogens with one attached hydrogen (secondary N) is 1. The van der Waals surface area contributed by atoms with Gasteiger partial charge in [0.25, 0.3) is 0 Å². The fourth-order valence-corrected chi connectivity index (χ4v) is 4.14. The summed E-state index contributed by atoms with van der Waals surface area (Å²) in [7, 11) is 3.12. The van der Waals surface area contributed by atoms with Crippen LogP contribution in [0.25, 0.3) is 0 Å². The first-order chi connectivity index (χ1) is 15.8. The number of carbonyl (C=O) groups is 2. The number of carbonyl (C=O) groups excluding carboxylic acids is 2. The molecular weight excluding hydrogens is 424 g/mol. The molecule has 1 unspecified atom stereocenters. The third kappa shape index (κ3) is 4.69. The van der Waals surface area contributed by atoms with Crippen molar-refractivity contribution in [1.29, 1.82) is 0 Å². The second kappa shape index (κ2) is 9.21. The van der Waals surface area contributed by atoms with E-state index in [1.165, 1.54) is 0 Å². The maximum atomic E-state index is 13.0. The largest absolute Gasteiger partial charge is 0.497 e. The molecule has 1 atom stereocenters. The van der Waals surface area contributed by atoms with Crippen molar-refractivity contribution in [2.24, 2.45) is 5.92 Å². The van der Waals surface area contributed by atoms with E-state index < -0.39 is 5.92 Å². The number of hydrogen-bond donors (Lipinski definition) is 1. The standard InChI is InChI=1S/C25H30N2O6/c1-25(2,17-5-7-21-22(12-17)33-10-9-32-21)15-26-24(29)16-11-23(28)27(14-16)19-13-18(30-3)6-8-20(19)31-4/h5-8,12-13,16H,9-11,14-15H2,1-4H3,(H,26,29). The molecular formula is C25H30N2O6. The molecule has 2 amide bonds. The third-order valence-corrected chi connectivity index (χ3v) is 6.20. The predicted octanol–water partition coefficient (Wildman–Crippen LogP) is 2.92. The van der Waals surface area contributed by atoms with E-state index in [0.29, 0.717) is 43.5 Å². The van der Waals surface area contributed by atoms with E-state index in [1.807, 2.05) is 18.2 Å². The summed E-state index contributed by atoms with van der Waals surface area (Å²) in [5, 5.41) is 3.04. The zero-order valence-corrected chi connectivity index (χ0v) is 19.5. The maximum Gasteiger partial charge on any atom is 0.227 e. The summed E-state index contributed by atoms with van der Waals surface area (Å²) in [6.07, 6.45) is 0.149. The van der Waals surface area contributed by atoms with E-state index in [4.69, 9.17) is 18.9 Å². The van der Waals surface area contributed by atoms with Crippen LogP contribution in [0, 0.1) is 5.92 Å². The predicted molar refractivity (Wildman–Crippen MR) is 123 cm³/mol. The minimum Gasteiger partial charge on any atom is -0.497 e. The van der Waals surface area contributed by atoms with Gasteiger partial charge in [-0.25, -0.2) is 0 Å². The van der Waals surface area contributed by atoms with Gasteiger partial charge in [-0.05, 0) is 29.8 Å². The van der Waals surface area contributed by atoms with Crippen molar-refractivity contribution in [2.45, 2.75) is 25.7 Å². The van der Waals surface area contributed by atoms with Gasteiger partial charge in [-0.15, -0.1) is 0 Å². The topological polar surface area (TPSA) is 86.3 Å². The zero-order valence-electron chi connectivity index (χ0n) is 19.5. The first-order valence-electron chi connectivity index (χ1n) is 11.0. The molecule has 0 aromatic heterocycles. The monoisotopic (exact) mass is 454 g/mol. The van der Waals surface area contributed by atoms with Gasteiger partial charge in [-0.1, -0.05) is 19.9 Å². The minimum atomic E-state index is -0.440. The molecule has 33 heavy (non-hydrogen) atoms. The SMILES string of the molecule is COc1ccc(OC)c(N2CC(C(=O)NCC(C)(C)c3ccc4c(c3)OCCO4)CC2=O)c1. The summed E-state index contributed by atoms with van der Waals surface area (Å²) in [6, 6.07) is 11.1. The first kappa shape index (κ1) is 22.8. The average molecular weight is 455 g/mol. The summed E-state index contributed by atoms with van der Waals surface area (Å²) in [5.41, 5.74) is 1.31. The summed E-state index contributed by atoms with van der Waals surface area (Å²) in [6.45, 7) is 5.91. The molecule has 0 bridgehead atoms. The molecule has 8 heteroatoms. The highest BCUT2D eigenvalue weighted by Crippen LogP contribution is 2.37. The lowest BCUT2D eigenvalue weighted by molar-refractivity contribution is -0.126. The van der Waals surface area contributed by atoms with Crippen LogP contribution in [0.4, 0.5) is 5.69 Å². The van der Waals surface area contributed by atoms with E-state index in [-0.39, 0.29) is 23.7 Å². The van der Waals surface area contributed by atoms with Gasteiger partial charge in [-0.2, -0.15) is 0 Å². The number of fused-ring (bicyclic) bond motifs is 1. The zero-order chi connectivity index (χ0) is 23.6. The molecule has 1 saturated heterocycles. The van der Waals surface area contributed by atoms with Crippen LogP contribution >= 0.6 is 0 Å². The molecule has 0 saturated carbocycles. The van der Waals surface area contributed by atoms with Crippen molar-refractivity contribution >= 4 is 17.5 Å². The third-order valence-electron chi connectivity index (χ3n) is 6.20. The Morgan fingerprint density at radius 1 is 1.09 bits per heavy atom. The highest BCUT2D eigenvalue weighted by atomic mass is 16.6. The van der Waals surface area contributed by atoms with Crippen LogP contribution in [0.3, 0.4) is 0 Å². The molecule has 1 fully saturated rings. The van der Waals surface area contributed by atoms with Gasteiger partial charge in [0.05, 0.1) is 25.8 Å². The average Bonchev–Trinajstić information content (AvgIpc) is 3.23. The Morgan fingerprint density at radius 2 is 1.85 bits per heavy atom. The molecule has 0 spiro atoms. The van der Waals surface area contributed by atoms with Crippen LogP contribution in [-0.2, 0) is 15.0 Å². The molecule has 2 aromatic carbocycles. The quantitative estimate of drug-likeness (QED) is 0.692. The lowest BCUT2D eigenvalue weighted by Gasteiger charge is -2.28. The van der Waals surface area contributed by atoms with E-state index in [0.717, 1.165) is 17.1 Å². The number of amides is 2. The van der Waals surface area contributed by atoms with Crippen molar-refractivity contribution in [3.8, 4) is 23.0 Å². The fraction of sp³-hybridized carbons (Fsp3) is 0.440. The minimum absolute atomic E-state index is 0.118. The van der Waals surface area contributed by atoms with Gasteiger partial charge in [0.2, 0.25) is 11.8 Å². The van der Waals surface area contributed by atoms with Crippen LogP contribution in [0.2, 0.25) is 0 Å². The van der Waals surface area contributed by atoms with E-state index in [9.17, 15) is 9.59 Å². The van der Waals surface area contributed by atoms with Gasteiger partial charge in [0.1, 0.15) is 24.7 Å². The first-order valence-corrected chi connectivity index (χ1v) is 11.0. The van der Waals surface area contributed by atoms with E-state index in [1.54, 1.807) is 37.3 Å². The second-order valence-corrected chi connectivity index (χ2v) is 8.90. The normalized spacial score (nSPS) is 17.6. The fourth-order valence-electron chi connectivity index (χ4n) is 4.14. The van der Waals surface area contributed by atoms with Gasteiger partial charge in [0, 0.05) is 31.0 Å². The van der Waals surface area contributed by atoms with Gasteiger partial charge in [0.15, 0.2) is 11.5 Å². The Bertz CT molecular complexity index is 1050. The summed E-state index contributed by atoms with van der Waals surface area (Å²) in [4.78, 5) is 27.3. The number of ether oxygens (including phenoxy) is 4. The van der Waals surface area contributed by atoms with Gasteiger partial charge >= 0.3 is 0 Å². The highest BCUT2D eigenvalue weighted by Gasteiger charge is 2.37. The van der Waals surface area contributed by atoms with Crippen molar-refractivity contribution in [1.82, 2.24) is 5.32 Å². The summed E-state index contributed by atoms with van der Waals surface area (Å²) < 4.78 is 22.0. The number of benzene rings is 2. The highest BCUT2D eigenvalue weighted by molar-refractivity contribution is 6.01. The Balaban J connectivity index is 1.42. The maximum absolute atomic E-state index is 13.0. The number of hydrogen-bond acceptors (Lipinski definition) is 6. The molecule has 4 rings (SSSR count). The summed E-state index contributed by atoms with van der Waals surface area (Å²) in [5.74, 6) is 1.94. The van der Waals surface area contributed by atoms with Crippen LogP contribution < -0.4 is 29.2 Å². The number of methoxy groups -OCH3 is 2. The molecule has 1 N–H and O–H groups in total. The Hall–Kier alpha value is -3.42. The Morgan fingerprint density at radius 3 is 2.58 bits per heavy atom. The number of rotatable bonds is 7. The Kier molecular flexibility index (Phi) is 6.35. The van der Waals surface area contributed by atoms with Crippen LogP contribution in [0.1, 0.15) is 25.8 Å². The molecule has 176 valence electrons. The van der Waals surface area contributed by atoms with Crippen molar-refractivity contribution in [3.05, 3.63) is 42.0 Å². The van der Waals surface area contributed by atoms with Crippen LogP contribution in [0.15, 0.2) is 36.4 Å². The Labute approximate surface area is 193 Å². The summed E-state index contributed by atoms with van der Waals surface area (Å²) >= 11 is 0. The van der Waals surface area contributed by atoms with E-state index >= 15 is 0 Å². The molecule has 2 aliphatic heterocycles. The molecule has 0 aliphatic carbocycles. The van der Waals surface area contributed by atoms with Gasteiger partial charge in [-0.3, -0.25) is 9.59 Å². The number of anilines is 1. The molecule has 8 nitrogen and oxygen atoms in total. The van der Waals surface area contributed by atoms with Crippen molar-refractivity contribution < 1.29 is 28.5 Å². The molecule has 2 aliphatic rings. The molecule has 2 aromatic rings. The van der Waals surface area contributed by atoms with Crippen LogP contribution in [-0.4, -0.2) is 52.3 Å². The van der Waals surface area contributed by atoms with Gasteiger partial charge < -0.3 is 29.2 Å². The van der Waals surface area contributed by atoms with E-state index in [2.05, 4.69) is 19.2 Å².